The summed E-state index contributed by atoms with van der Waals surface area (Å²) in [5.74, 6) is -0.0514. The van der Waals surface area contributed by atoms with Crippen LogP contribution in [-0.4, -0.2) is 25.1 Å². The summed E-state index contributed by atoms with van der Waals surface area (Å²) >= 11 is 0. The Balaban J connectivity index is 2.01. The summed E-state index contributed by atoms with van der Waals surface area (Å²) < 4.78 is 27.0. The van der Waals surface area contributed by atoms with Gasteiger partial charge in [-0.3, -0.25) is 4.79 Å². The zero-order valence-electron chi connectivity index (χ0n) is 12.3. The Hall–Kier alpha value is -1.98. The Kier molecular flexibility index (Phi) is 3.85. The molecule has 4 nitrogen and oxygen atoms in total. The summed E-state index contributed by atoms with van der Waals surface area (Å²) in [7, 11) is -3.67. The van der Waals surface area contributed by atoms with Crippen molar-refractivity contribution in [3.05, 3.63) is 65.7 Å². The van der Waals surface area contributed by atoms with Crippen molar-refractivity contribution < 1.29 is 13.2 Å². The molecule has 5 heteroatoms. The maximum atomic E-state index is 12.8. The highest BCUT2D eigenvalue weighted by Crippen LogP contribution is 2.34. The summed E-state index contributed by atoms with van der Waals surface area (Å²) in [6.45, 7) is 1.85. The first-order chi connectivity index (χ1) is 10.5. The molecule has 2 aromatic rings. The summed E-state index contributed by atoms with van der Waals surface area (Å²) in [6.07, 6.45) is 0.231. The Morgan fingerprint density at radius 2 is 1.64 bits per heavy atom. The van der Waals surface area contributed by atoms with Gasteiger partial charge in [-0.05, 0) is 24.6 Å². The van der Waals surface area contributed by atoms with Crippen molar-refractivity contribution in [1.29, 1.82) is 0 Å². The number of aryl methyl sites for hydroxylation is 1. The second kappa shape index (κ2) is 5.66. The molecule has 3 rings (SSSR count). The number of hydrogen-bond acceptors (Lipinski definition) is 3. The van der Waals surface area contributed by atoms with E-state index in [-0.39, 0.29) is 23.6 Å². The Labute approximate surface area is 130 Å². The zero-order chi connectivity index (χ0) is 15.7. The van der Waals surface area contributed by atoms with Crippen molar-refractivity contribution in [2.24, 2.45) is 0 Å². The number of rotatable bonds is 3. The van der Waals surface area contributed by atoms with E-state index in [0.717, 1.165) is 11.1 Å². The average molecular weight is 315 g/mol. The van der Waals surface area contributed by atoms with Gasteiger partial charge in [0.25, 0.3) is 0 Å². The van der Waals surface area contributed by atoms with Crippen LogP contribution in [0.5, 0.6) is 0 Å². The lowest BCUT2D eigenvalue weighted by molar-refractivity contribution is -0.116. The van der Waals surface area contributed by atoms with Gasteiger partial charge in [-0.25, -0.2) is 8.42 Å². The fourth-order valence-corrected chi connectivity index (χ4v) is 4.32. The first-order valence-corrected chi connectivity index (χ1v) is 8.57. The van der Waals surface area contributed by atoms with Crippen LogP contribution < -0.4 is 0 Å². The lowest BCUT2D eigenvalue weighted by Crippen LogP contribution is -2.31. The van der Waals surface area contributed by atoms with E-state index >= 15 is 0 Å². The van der Waals surface area contributed by atoms with Crippen LogP contribution in [0.1, 0.15) is 23.6 Å². The van der Waals surface area contributed by atoms with Gasteiger partial charge in [0.1, 0.15) is 5.78 Å². The minimum Gasteiger partial charge on any atom is -0.298 e. The Bertz CT molecular complexity index is 782. The number of hydrogen-bond donors (Lipinski definition) is 0. The van der Waals surface area contributed by atoms with Crippen molar-refractivity contribution in [2.45, 2.75) is 24.3 Å². The fourth-order valence-electron chi connectivity index (χ4n) is 2.72. The monoisotopic (exact) mass is 315 g/mol. The second-order valence-corrected chi connectivity index (χ2v) is 7.42. The van der Waals surface area contributed by atoms with Gasteiger partial charge < -0.3 is 0 Å². The summed E-state index contributed by atoms with van der Waals surface area (Å²) in [6, 6.07) is 15.6. The highest BCUT2D eigenvalue weighted by Gasteiger charge is 2.40. The zero-order valence-corrected chi connectivity index (χ0v) is 13.1. The second-order valence-electron chi connectivity index (χ2n) is 5.53. The van der Waals surface area contributed by atoms with E-state index in [0.29, 0.717) is 0 Å². The molecule has 1 heterocycles. The molecule has 1 saturated heterocycles. The van der Waals surface area contributed by atoms with Crippen molar-refractivity contribution >= 4 is 15.8 Å². The van der Waals surface area contributed by atoms with Crippen LogP contribution >= 0.6 is 0 Å². The van der Waals surface area contributed by atoms with Crippen LogP contribution in [0.2, 0.25) is 0 Å². The minimum absolute atomic E-state index is 0.0514. The molecule has 1 fully saturated rings. The van der Waals surface area contributed by atoms with E-state index in [1.54, 1.807) is 24.3 Å². The van der Waals surface area contributed by atoms with E-state index in [9.17, 15) is 13.2 Å². The maximum absolute atomic E-state index is 12.8. The predicted octanol–water partition coefficient (Wildman–Crippen LogP) is 2.70. The molecule has 1 aliphatic heterocycles. The highest BCUT2D eigenvalue weighted by atomic mass is 32.2. The number of carbonyl (C=O) groups excluding carboxylic acids is 1. The van der Waals surface area contributed by atoms with Crippen molar-refractivity contribution in [3.8, 4) is 0 Å². The van der Waals surface area contributed by atoms with Crippen LogP contribution in [0.25, 0.3) is 0 Å². The molecule has 0 spiro atoms. The van der Waals surface area contributed by atoms with E-state index in [2.05, 4.69) is 0 Å². The normalized spacial score (nSPS) is 19.5. The lowest BCUT2D eigenvalue weighted by Gasteiger charge is -2.23. The molecule has 0 N–H and O–H groups in total. The number of carbonyl (C=O) groups is 1. The van der Waals surface area contributed by atoms with Gasteiger partial charge in [0.2, 0.25) is 10.0 Å². The lowest BCUT2D eigenvalue weighted by atomic mass is 10.1. The third-order valence-corrected chi connectivity index (χ3v) is 5.78. The molecular formula is C17H17NO3S. The number of ketones is 1. The van der Waals surface area contributed by atoms with Crippen LogP contribution in [0.3, 0.4) is 0 Å². The molecule has 0 amide bonds. The standard InChI is InChI=1S/C17H17NO3S/c1-13-7-9-16(10-8-13)22(20,21)18-12-15(19)11-17(18)14-5-3-2-4-6-14/h2-10,17H,11-12H2,1H3/t17-/m1/s1. The quantitative estimate of drug-likeness (QED) is 0.875. The molecule has 0 saturated carbocycles. The van der Waals surface area contributed by atoms with Crippen LogP contribution in [0.4, 0.5) is 0 Å². The molecule has 114 valence electrons. The topological polar surface area (TPSA) is 54.5 Å². The molecule has 1 aliphatic rings. The van der Waals surface area contributed by atoms with Gasteiger partial charge in [-0.15, -0.1) is 0 Å². The highest BCUT2D eigenvalue weighted by molar-refractivity contribution is 7.89. The first kappa shape index (κ1) is 14.9. The smallest absolute Gasteiger partial charge is 0.244 e. The molecule has 0 aromatic heterocycles. The number of sulfonamides is 1. The van der Waals surface area contributed by atoms with Crippen LogP contribution in [0, 0.1) is 6.92 Å². The molecule has 1 atom stereocenters. The maximum Gasteiger partial charge on any atom is 0.244 e. The van der Waals surface area contributed by atoms with Crippen LogP contribution in [0.15, 0.2) is 59.5 Å². The van der Waals surface area contributed by atoms with E-state index in [1.807, 2.05) is 37.3 Å². The molecule has 2 aromatic carbocycles. The molecule has 0 aliphatic carbocycles. The summed E-state index contributed by atoms with van der Waals surface area (Å²) in [5.41, 5.74) is 1.85. The van der Waals surface area contributed by atoms with Gasteiger partial charge >= 0.3 is 0 Å². The molecule has 22 heavy (non-hydrogen) atoms. The van der Waals surface area contributed by atoms with Gasteiger partial charge in [0.15, 0.2) is 0 Å². The van der Waals surface area contributed by atoms with Crippen molar-refractivity contribution in [2.75, 3.05) is 6.54 Å². The summed E-state index contributed by atoms with van der Waals surface area (Å²) in [5, 5.41) is 0. The molecule has 0 unspecified atom stereocenters. The van der Waals surface area contributed by atoms with Crippen molar-refractivity contribution in [3.63, 3.8) is 0 Å². The van der Waals surface area contributed by atoms with E-state index in [1.165, 1.54) is 4.31 Å². The molecule has 0 bridgehead atoms. The SMILES string of the molecule is Cc1ccc(S(=O)(=O)N2CC(=O)C[C@@H]2c2ccccc2)cc1. The first-order valence-electron chi connectivity index (χ1n) is 7.13. The number of nitrogens with zero attached hydrogens (tertiary/aromatic N) is 1. The van der Waals surface area contributed by atoms with E-state index in [4.69, 9.17) is 0 Å². The van der Waals surface area contributed by atoms with Crippen molar-refractivity contribution in [1.82, 2.24) is 4.31 Å². The van der Waals surface area contributed by atoms with Gasteiger partial charge in [0.05, 0.1) is 17.5 Å². The Morgan fingerprint density at radius 3 is 2.27 bits per heavy atom. The third-order valence-electron chi connectivity index (χ3n) is 3.91. The fraction of sp³-hybridized carbons (Fsp3) is 0.235. The van der Waals surface area contributed by atoms with Gasteiger partial charge in [-0.2, -0.15) is 4.31 Å². The Morgan fingerprint density at radius 1 is 1.00 bits per heavy atom. The largest absolute Gasteiger partial charge is 0.298 e. The number of benzene rings is 2. The van der Waals surface area contributed by atoms with E-state index < -0.39 is 16.1 Å². The third kappa shape index (κ3) is 2.69. The predicted molar refractivity (Wildman–Crippen MR) is 83.9 cm³/mol. The van der Waals surface area contributed by atoms with Gasteiger partial charge in [-0.1, -0.05) is 48.0 Å². The minimum atomic E-state index is -3.67. The average Bonchev–Trinajstić information content (AvgIpc) is 2.91. The summed E-state index contributed by atoms with van der Waals surface area (Å²) in [4.78, 5) is 12.1. The molecular weight excluding hydrogens is 298 g/mol. The number of Topliss-reactive ketones (excluding diaryl/α,β-unsaturated/α-hetero) is 1. The van der Waals surface area contributed by atoms with Gasteiger partial charge in [0, 0.05) is 6.42 Å². The van der Waals surface area contributed by atoms with Crippen LogP contribution in [-0.2, 0) is 14.8 Å². The molecule has 0 radical (unpaired) electrons.